The Morgan fingerprint density at radius 2 is 1.79 bits per heavy atom. The summed E-state index contributed by atoms with van der Waals surface area (Å²) in [6.45, 7) is 3.77. The number of benzene rings is 2. The quantitative estimate of drug-likeness (QED) is 0.401. The molecule has 0 radical (unpaired) electrons. The van der Waals surface area contributed by atoms with Gasteiger partial charge in [-0.3, -0.25) is 10.2 Å². The van der Waals surface area contributed by atoms with Gasteiger partial charge in [0.1, 0.15) is 10.7 Å². The Kier molecular flexibility index (Phi) is 6.79. The molecule has 0 amide bonds. The van der Waals surface area contributed by atoms with Crippen LogP contribution in [-0.4, -0.2) is 22.1 Å². The van der Waals surface area contributed by atoms with Crippen LogP contribution in [0.5, 0.6) is 5.75 Å². The molecule has 0 bridgehead atoms. The molecule has 3 rings (SSSR count). The molecule has 0 aliphatic heterocycles. The average Bonchev–Trinajstić information content (AvgIpc) is 2.69. The maximum atomic E-state index is 12.5. The first kappa shape index (κ1) is 21.2. The van der Waals surface area contributed by atoms with Crippen LogP contribution in [0.1, 0.15) is 19.4 Å². The lowest BCUT2D eigenvalue weighted by Gasteiger charge is -2.13. The number of hydrogen-bond acceptors (Lipinski definition) is 5. The van der Waals surface area contributed by atoms with Crippen molar-refractivity contribution in [2.24, 2.45) is 5.10 Å². The number of nitrogens with zero attached hydrogens (tertiary/aromatic N) is 3. The second-order valence-corrected chi connectivity index (χ2v) is 7.47. The minimum Gasteiger partial charge on any atom is -0.488 e. The first-order chi connectivity index (χ1) is 13.9. The van der Waals surface area contributed by atoms with Crippen molar-refractivity contribution in [1.29, 1.82) is 0 Å². The number of anilines is 1. The van der Waals surface area contributed by atoms with E-state index in [9.17, 15) is 4.79 Å². The maximum Gasteiger partial charge on any atom is 0.292 e. The smallest absolute Gasteiger partial charge is 0.292 e. The maximum absolute atomic E-state index is 12.5. The van der Waals surface area contributed by atoms with Crippen LogP contribution in [0.25, 0.3) is 5.69 Å². The highest BCUT2D eigenvalue weighted by atomic mass is 35.5. The van der Waals surface area contributed by atoms with Gasteiger partial charge in [0.2, 0.25) is 0 Å². The summed E-state index contributed by atoms with van der Waals surface area (Å²) in [4.78, 5) is 12.5. The van der Waals surface area contributed by atoms with E-state index in [1.807, 2.05) is 32.0 Å². The fourth-order valence-corrected chi connectivity index (χ4v) is 3.21. The van der Waals surface area contributed by atoms with E-state index in [4.69, 9.17) is 39.5 Å². The van der Waals surface area contributed by atoms with E-state index < -0.39 is 5.56 Å². The van der Waals surface area contributed by atoms with Gasteiger partial charge in [-0.25, -0.2) is 0 Å². The van der Waals surface area contributed by atoms with Crippen LogP contribution in [-0.2, 0) is 0 Å². The van der Waals surface area contributed by atoms with Gasteiger partial charge in [0.15, 0.2) is 5.75 Å². The molecule has 0 atom stereocenters. The van der Waals surface area contributed by atoms with Gasteiger partial charge in [-0.05, 0) is 43.7 Å². The zero-order valence-electron chi connectivity index (χ0n) is 15.6. The Bertz CT molecular complexity index is 1080. The predicted octanol–water partition coefficient (Wildman–Crippen LogP) is 5.43. The molecule has 1 aromatic heterocycles. The molecule has 0 aliphatic rings. The number of ether oxygens (including phenoxy) is 1. The van der Waals surface area contributed by atoms with Gasteiger partial charge in [-0.15, -0.1) is 0 Å². The normalized spacial score (nSPS) is 11.2. The monoisotopic (exact) mass is 450 g/mol. The van der Waals surface area contributed by atoms with Crippen LogP contribution in [0.3, 0.4) is 0 Å². The van der Waals surface area contributed by atoms with E-state index in [2.05, 4.69) is 15.6 Å². The number of rotatable bonds is 6. The van der Waals surface area contributed by atoms with Gasteiger partial charge >= 0.3 is 0 Å². The van der Waals surface area contributed by atoms with E-state index in [-0.39, 0.29) is 16.8 Å². The molecule has 1 heterocycles. The van der Waals surface area contributed by atoms with Crippen LogP contribution < -0.4 is 15.7 Å². The van der Waals surface area contributed by atoms with Crippen LogP contribution in [0.15, 0.2) is 58.6 Å². The minimum atomic E-state index is -0.459. The van der Waals surface area contributed by atoms with Crippen molar-refractivity contribution in [2.75, 3.05) is 5.43 Å². The molecule has 0 saturated heterocycles. The van der Waals surface area contributed by atoms with Gasteiger partial charge in [0.05, 0.1) is 34.2 Å². The third kappa shape index (κ3) is 5.09. The van der Waals surface area contributed by atoms with Gasteiger partial charge in [-0.2, -0.15) is 14.9 Å². The molecule has 0 fully saturated rings. The molecule has 29 heavy (non-hydrogen) atoms. The van der Waals surface area contributed by atoms with E-state index in [1.165, 1.54) is 17.1 Å². The fourth-order valence-electron chi connectivity index (χ4n) is 2.44. The molecule has 3 aromatic rings. The number of nitrogens with one attached hydrogen (secondary N) is 1. The van der Waals surface area contributed by atoms with E-state index >= 15 is 0 Å². The van der Waals surface area contributed by atoms with Crippen molar-refractivity contribution >= 4 is 46.7 Å². The molecule has 0 unspecified atom stereocenters. The molecule has 0 aliphatic carbocycles. The summed E-state index contributed by atoms with van der Waals surface area (Å²) in [7, 11) is 0. The summed E-state index contributed by atoms with van der Waals surface area (Å²) in [6, 6.07) is 12.3. The third-order valence-electron chi connectivity index (χ3n) is 3.69. The van der Waals surface area contributed by atoms with Crippen molar-refractivity contribution in [1.82, 2.24) is 9.78 Å². The first-order valence-electron chi connectivity index (χ1n) is 8.65. The highest BCUT2D eigenvalue weighted by Gasteiger charge is 2.12. The zero-order valence-corrected chi connectivity index (χ0v) is 17.8. The zero-order chi connectivity index (χ0) is 21.0. The summed E-state index contributed by atoms with van der Waals surface area (Å²) < 4.78 is 6.81. The number of hydrogen-bond donors (Lipinski definition) is 1. The van der Waals surface area contributed by atoms with Gasteiger partial charge in [-0.1, -0.05) is 53.0 Å². The van der Waals surface area contributed by atoms with Crippen LogP contribution in [0, 0.1) is 0 Å². The lowest BCUT2D eigenvalue weighted by atomic mass is 10.2. The molecule has 0 saturated carbocycles. The van der Waals surface area contributed by atoms with E-state index in [0.29, 0.717) is 27.0 Å². The van der Waals surface area contributed by atoms with Crippen molar-refractivity contribution in [2.45, 2.75) is 20.0 Å². The Balaban J connectivity index is 1.79. The number of aromatic nitrogens is 2. The van der Waals surface area contributed by atoms with E-state index in [1.54, 1.807) is 24.3 Å². The number of para-hydroxylation sites is 1. The Labute approximate surface area is 182 Å². The molecule has 6 nitrogen and oxygen atoms in total. The van der Waals surface area contributed by atoms with Crippen LogP contribution in [0.2, 0.25) is 15.1 Å². The van der Waals surface area contributed by atoms with Gasteiger partial charge in [0, 0.05) is 0 Å². The van der Waals surface area contributed by atoms with Crippen LogP contribution >= 0.6 is 34.8 Å². The SMILES string of the molecule is CC(C)Oc1c(Cl)cc(/C=N\Nc2cnn(-c3ccccc3)c(=O)c2Cl)cc1Cl. The Morgan fingerprint density at radius 3 is 2.41 bits per heavy atom. The largest absolute Gasteiger partial charge is 0.488 e. The predicted molar refractivity (Wildman–Crippen MR) is 118 cm³/mol. The molecule has 9 heteroatoms. The van der Waals surface area contributed by atoms with E-state index in [0.717, 1.165) is 0 Å². The van der Waals surface area contributed by atoms with Crippen molar-refractivity contribution < 1.29 is 4.74 Å². The summed E-state index contributed by atoms with van der Waals surface area (Å²) >= 11 is 18.6. The number of hydrazone groups is 1. The Hall–Kier alpha value is -2.54. The highest BCUT2D eigenvalue weighted by Crippen LogP contribution is 2.34. The van der Waals surface area contributed by atoms with Crippen molar-refractivity contribution in [3.05, 3.63) is 79.6 Å². The average molecular weight is 452 g/mol. The van der Waals surface area contributed by atoms with Gasteiger partial charge in [0.25, 0.3) is 5.56 Å². The molecule has 2 aromatic carbocycles. The molecular formula is C20H17Cl3N4O2. The number of halogens is 3. The highest BCUT2D eigenvalue weighted by molar-refractivity contribution is 6.37. The topological polar surface area (TPSA) is 68.5 Å². The third-order valence-corrected chi connectivity index (χ3v) is 4.62. The second kappa shape index (κ2) is 9.31. The van der Waals surface area contributed by atoms with Crippen molar-refractivity contribution in [3.8, 4) is 11.4 Å². The minimum absolute atomic E-state index is 0.0299. The summed E-state index contributed by atoms with van der Waals surface area (Å²) in [5.74, 6) is 0.421. The van der Waals surface area contributed by atoms with Crippen LogP contribution in [0.4, 0.5) is 5.69 Å². The first-order valence-corrected chi connectivity index (χ1v) is 9.78. The Morgan fingerprint density at radius 1 is 1.14 bits per heavy atom. The standard InChI is InChI=1S/C20H17Cl3N4O2/c1-12(2)29-19-15(21)8-13(9-16(19)22)10-24-26-17-11-25-27(20(28)18(17)23)14-6-4-3-5-7-14/h3-12,26H,1-2H3/b24-10-. The molecular weight excluding hydrogens is 435 g/mol. The summed E-state index contributed by atoms with van der Waals surface area (Å²) in [5, 5.41) is 8.93. The second-order valence-electron chi connectivity index (χ2n) is 6.28. The lowest BCUT2D eigenvalue weighted by Crippen LogP contribution is -2.22. The van der Waals surface area contributed by atoms with Crippen molar-refractivity contribution in [3.63, 3.8) is 0 Å². The molecule has 1 N–H and O–H groups in total. The molecule has 0 spiro atoms. The van der Waals surface area contributed by atoms with Gasteiger partial charge < -0.3 is 4.74 Å². The summed E-state index contributed by atoms with van der Waals surface area (Å²) in [6.07, 6.45) is 2.86. The summed E-state index contributed by atoms with van der Waals surface area (Å²) in [5.41, 5.74) is 3.78. The molecule has 150 valence electrons. The lowest BCUT2D eigenvalue weighted by molar-refractivity contribution is 0.243. The fraction of sp³-hybridized carbons (Fsp3) is 0.150.